The van der Waals surface area contributed by atoms with Gasteiger partial charge in [-0.15, -0.1) is 11.6 Å². The first-order chi connectivity index (χ1) is 9.06. The van der Waals surface area contributed by atoms with Crippen molar-refractivity contribution in [3.63, 3.8) is 0 Å². The minimum Gasteiger partial charge on any atom is -0.324 e. The molecule has 2 aromatic carbocycles. The second kappa shape index (κ2) is 5.89. The van der Waals surface area contributed by atoms with Crippen molar-refractivity contribution in [2.45, 2.75) is 19.2 Å². The summed E-state index contributed by atoms with van der Waals surface area (Å²) in [7, 11) is 0. The zero-order valence-corrected chi connectivity index (χ0v) is 11.7. The van der Waals surface area contributed by atoms with Crippen molar-refractivity contribution in [2.24, 2.45) is 0 Å². The summed E-state index contributed by atoms with van der Waals surface area (Å²) in [6, 6.07) is 15.3. The van der Waals surface area contributed by atoms with Gasteiger partial charge in [-0.1, -0.05) is 36.4 Å². The van der Waals surface area contributed by atoms with Gasteiger partial charge in [0, 0.05) is 5.69 Å². The molecule has 98 valence electrons. The van der Waals surface area contributed by atoms with E-state index in [1.807, 2.05) is 56.3 Å². The van der Waals surface area contributed by atoms with Crippen LogP contribution in [0.15, 0.2) is 48.5 Å². The van der Waals surface area contributed by atoms with Gasteiger partial charge in [0.25, 0.3) is 0 Å². The number of nitrogens with one attached hydrogen (secondary N) is 1. The number of halogens is 1. The third-order valence-electron chi connectivity index (χ3n) is 2.81. The molecule has 0 radical (unpaired) electrons. The molecule has 1 unspecified atom stereocenters. The Bertz CT molecular complexity index is 560. The minimum absolute atomic E-state index is 0.210. The standard InChI is InChI=1S/C16H16ClNO/c1-11-8-12(2)10-14(9-11)18-16(19)15(17)13-6-4-3-5-7-13/h3-10,15H,1-2H3,(H,18,19). The highest BCUT2D eigenvalue weighted by Crippen LogP contribution is 2.23. The van der Waals surface area contributed by atoms with Gasteiger partial charge in [-0.05, 0) is 42.7 Å². The van der Waals surface area contributed by atoms with E-state index in [4.69, 9.17) is 11.6 Å². The van der Waals surface area contributed by atoms with E-state index in [-0.39, 0.29) is 5.91 Å². The largest absolute Gasteiger partial charge is 0.324 e. The number of carbonyl (C=O) groups excluding carboxylic acids is 1. The number of carbonyl (C=O) groups is 1. The number of hydrogen-bond acceptors (Lipinski definition) is 1. The maximum atomic E-state index is 12.1. The van der Waals surface area contributed by atoms with Gasteiger partial charge in [-0.2, -0.15) is 0 Å². The van der Waals surface area contributed by atoms with Crippen molar-refractivity contribution in [3.05, 3.63) is 65.2 Å². The molecule has 0 aliphatic rings. The molecule has 1 amide bonds. The zero-order chi connectivity index (χ0) is 13.8. The van der Waals surface area contributed by atoms with E-state index in [0.717, 1.165) is 22.4 Å². The molecule has 2 aromatic rings. The molecule has 2 nitrogen and oxygen atoms in total. The van der Waals surface area contributed by atoms with Crippen molar-refractivity contribution in [1.82, 2.24) is 0 Å². The monoisotopic (exact) mass is 273 g/mol. The van der Waals surface area contributed by atoms with E-state index in [1.54, 1.807) is 0 Å². The summed E-state index contributed by atoms with van der Waals surface area (Å²) < 4.78 is 0. The Morgan fingerprint density at radius 3 is 2.21 bits per heavy atom. The number of rotatable bonds is 3. The van der Waals surface area contributed by atoms with Crippen LogP contribution in [0.5, 0.6) is 0 Å². The molecule has 0 aromatic heterocycles. The van der Waals surface area contributed by atoms with E-state index in [1.165, 1.54) is 0 Å². The van der Waals surface area contributed by atoms with E-state index >= 15 is 0 Å². The first-order valence-corrected chi connectivity index (χ1v) is 6.58. The van der Waals surface area contributed by atoms with Gasteiger partial charge in [0.2, 0.25) is 5.91 Å². The average molecular weight is 274 g/mol. The van der Waals surface area contributed by atoms with Crippen LogP contribution in [0.1, 0.15) is 22.1 Å². The number of amides is 1. The second-order valence-corrected chi connectivity index (χ2v) is 5.08. The average Bonchev–Trinajstić information content (AvgIpc) is 2.37. The number of hydrogen-bond donors (Lipinski definition) is 1. The highest BCUT2D eigenvalue weighted by molar-refractivity contribution is 6.32. The summed E-state index contributed by atoms with van der Waals surface area (Å²) in [6.07, 6.45) is 0. The molecule has 1 atom stereocenters. The molecule has 19 heavy (non-hydrogen) atoms. The summed E-state index contributed by atoms with van der Waals surface area (Å²) in [5.41, 5.74) is 3.80. The first kappa shape index (κ1) is 13.6. The lowest BCUT2D eigenvalue weighted by molar-refractivity contribution is -0.116. The maximum Gasteiger partial charge on any atom is 0.246 e. The lowest BCUT2D eigenvalue weighted by Crippen LogP contribution is -2.17. The third-order valence-corrected chi connectivity index (χ3v) is 3.26. The SMILES string of the molecule is Cc1cc(C)cc(NC(=O)C(Cl)c2ccccc2)c1. The molecule has 3 heteroatoms. The predicted molar refractivity (Wildman–Crippen MR) is 79.6 cm³/mol. The molecule has 0 bridgehead atoms. The Kier molecular flexibility index (Phi) is 4.23. The molecule has 0 spiro atoms. The van der Waals surface area contributed by atoms with Gasteiger partial charge in [0.05, 0.1) is 0 Å². The maximum absolute atomic E-state index is 12.1. The summed E-state index contributed by atoms with van der Waals surface area (Å²) >= 11 is 6.17. The van der Waals surface area contributed by atoms with E-state index in [0.29, 0.717) is 0 Å². The summed E-state index contributed by atoms with van der Waals surface area (Å²) in [6.45, 7) is 4.00. The lowest BCUT2D eigenvalue weighted by atomic mass is 10.1. The predicted octanol–water partition coefficient (Wildman–Crippen LogP) is 4.22. The van der Waals surface area contributed by atoms with Gasteiger partial charge in [0.15, 0.2) is 0 Å². The fraction of sp³-hybridized carbons (Fsp3) is 0.188. The fourth-order valence-electron chi connectivity index (χ4n) is 2.03. The molecule has 0 heterocycles. The van der Waals surface area contributed by atoms with Crippen LogP contribution in [0.3, 0.4) is 0 Å². The Labute approximate surface area is 118 Å². The van der Waals surface area contributed by atoms with Gasteiger partial charge < -0.3 is 5.32 Å². The van der Waals surface area contributed by atoms with Crippen LogP contribution in [-0.4, -0.2) is 5.91 Å². The van der Waals surface area contributed by atoms with Gasteiger partial charge in [-0.25, -0.2) is 0 Å². The molecule has 0 saturated heterocycles. The normalized spacial score (nSPS) is 11.9. The Morgan fingerprint density at radius 2 is 1.63 bits per heavy atom. The number of benzene rings is 2. The first-order valence-electron chi connectivity index (χ1n) is 6.14. The highest BCUT2D eigenvalue weighted by Gasteiger charge is 2.17. The summed E-state index contributed by atoms with van der Waals surface area (Å²) in [4.78, 5) is 12.1. The molecule has 0 aliphatic heterocycles. The van der Waals surface area contributed by atoms with Gasteiger partial charge >= 0.3 is 0 Å². The highest BCUT2D eigenvalue weighted by atomic mass is 35.5. The second-order valence-electron chi connectivity index (χ2n) is 4.64. The van der Waals surface area contributed by atoms with Crippen molar-refractivity contribution < 1.29 is 4.79 Å². The van der Waals surface area contributed by atoms with E-state index in [2.05, 4.69) is 11.4 Å². The fourth-order valence-corrected chi connectivity index (χ4v) is 2.23. The van der Waals surface area contributed by atoms with Crippen molar-refractivity contribution in [2.75, 3.05) is 5.32 Å². The Hall–Kier alpha value is -1.80. The minimum atomic E-state index is -0.679. The zero-order valence-electron chi connectivity index (χ0n) is 11.0. The topological polar surface area (TPSA) is 29.1 Å². The lowest BCUT2D eigenvalue weighted by Gasteiger charge is -2.12. The van der Waals surface area contributed by atoms with Crippen LogP contribution < -0.4 is 5.32 Å². The van der Waals surface area contributed by atoms with Crippen LogP contribution in [0.4, 0.5) is 5.69 Å². The third kappa shape index (κ3) is 3.58. The molecular formula is C16H16ClNO. The summed E-state index contributed by atoms with van der Waals surface area (Å²) in [5, 5.41) is 2.17. The van der Waals surface area contributed by atoms with Crippen LogP contribution in [0.25, 0.3) is 0 Å². The van der Waals surface area contributed by atoms with Crippen molar-refractivity contribution >= 4 is 23.2 Å². The molecule has 0 aliphatic carbocycles. The quantitative estimate of drug-likeness (QED) is 0.834. The molecule has 1 N–H and O–H groups in total. The Morgan fingerprint density at radius 1 is 1.05 bits per heavy atom. The van der Waals surface area contributed by atoms with Crippen molar-refractivity contribution in [3.8, 4) is 0 Å². The molecular weight excluding hydrogens is 258 g/mol. The van der Waals surface area contributed by atoms with E-state index < -0.39 is 5.38 Å². The number of aryl methyl sites for hydroxylation is 2. The number of anilines is 1. The molecule has 0 saturated carbocycles. The van der Waals surface area contributed by atoms with Gasteiger partial charge in [0.1, 0.15) is 5.38 Å². The molecule has 2 rings (SSSR count). The Balaban J connectivity index is 2.13. The van der Waals surface area contributed by atoms with Crippen LogP contribution >= 0.6 is 11.6 Å². The van der Waals surface area contributed by atoms with Crippen LogP contribution in [0, 0.1) is 13.8 Å². The number of alkyl halides is 1. The summed E-state index contributed by atoms with van der Waals surface area (Å²) in [5.74, 6) is -0.210. The van der Waals surface area contributed by atoms with Crippen LogP contribution in [0.2, 0.25) is 0 Å². The van der Waals surface area contributed by atoms with Crippen molar-refractivity contribution in [1.29, 1.82) is 0 Å². The van der Waals surface area contributed by atoms with Crippen LogP contribution in [-0.2, 0) is 4.79 Å². The van der Waals surface area contributed by atoms with Gasteiger partial charge in [-0.3, -0.25) is 4.79 Å². The smallest absolute Gasteiger partial charge is 0.246 e. The van der Waals surface area contributed by atoms with E-state index in [9.17, 15) is 4.79 Å². The molecule has 0 fully saturated rings.